The van der Waals surface area contributed by atoms with Gasteiger partial charge < -0.3 is 19.7 Å². The number of aromatic nitrogens is 4. The third-order valence-electron chi connectivity index (χ3n) is 5.79. The smallest absolute Gasteiger partial charge is 0.225 e. The molecular weight excluding hydrogens is 507 g/mol. The third-order valence-corrected chi connectivity index (χ3v) is 6.35. The second kappa shape index (κ2) is 9.47. The maximum Gasteiger partial charge on any atom is 0.225 e. The summed E-state index contributed by atoms with van der Waals surface area (Å²) in [4.78, 5) is 20.4. The summed E-state index contributed by atoms with van der Waals surface area (Å²) in [7, 11) is 0. The van der Waals surface area contributed by atoms with Crippen molar-refractivity contribution in [2.75, 3.05) is 36.5 Å². The van der Waals surface area contributed by atoms with Crippen LogP contribution in [0, 0.1) is 3.57 Å². The van der Waals surface area contributed by atoms with Gasteiger partial charge in [-0.25, -0.2) is 9.97 Å². The number of rotatable bonds is 5. The number of nitrogens with one attached hydrogen (secondary N) is 1. The molecule has 2 aliphatic rings. The summed E-state index contributed by atoms with van der Waals surface area (Å²) in [5, 5.41) is 4.41. The lowest BCUT2D eigenvalue weighted by molar-refractivity contribution is 0.122. The van der Waals surface area contributed by atoms with Crippen LogP contribution in [0.5, 0.6) is 5.88 Å². The number of halogens is 1. The van der Waals surface area contributed by atoms with Gasteiger partial charge >= 0.3 is 0 Å². The highest BCUT2D eigenvalue weighted by molar-refractivity contribution is 14.1. The molecule has 9 heteroatoms. The Morgan fingerprint density at radius 3 is 2.61 bits per heavy atom. The molecule has 0 atom stereocenters. The van der Waals surface area contributed by atoms with E-state index in [9.17, 15) is 0 Å². The largest absolute Gasteiger partial charge is 0.474 e. The van der Waals surface area contributed by atoms with E-state index in [1.165, 1.54) is 0 Å². The molecule has 1 saturated heterocycles. The van der Waals surface area contributed by atoms with E-state index < -0.39 is 0 Å². The van der Waals surface area contributed by atoms with Crippen molar-refractivity contribution in [2.45, 2.75) is 37.8 Å². The first-order chi connectivity index (χ1) is 15.2. The van der Waals surface area contributed by atoms with Gasteiger partial charge in [0.15, 0.2) is 0 Å². The number of morpholine rings is 1. The van der Waals surface area contributed by atoms with Crippen molar-refractivity contribution >= 4 is 45.3 Å². The van der Waals surface area contributed by atoms with Crippen molar-refractivity contribution < 1.29 is 9.47 Å². The van der Waals surface area contributed by atoms with Crippen LogP contribution in [0.4, 0.5) is 11.8 Å². The van der Waals surface area contributed by atoms with Gasteiger partial charge in [0.1, 0.15) is 11.9 Å². The Hall–Kier alpha value is -2.27. The van der Waals surface area contributed by atoms with Gasteiger partial charge in [-0.1, -0.05) is 0 Å². The highest BCUT2D eigenvalue weighted by Gasteiger charge is 2.25. The Kier molecular flexibility index (Phi) is 6.30. The Balaban J connectivity index is 1.27. The Labute approximate surface area is 194 Å². The fourth-order valence-corrected chi connectivity index (χ4v) is 4.41. The van der Waals surface area contributed by atoms with Gasteiger partial charge in [0.2, 0.25) is 11.8 Å². The number of hydrogen-bond donors (Lipinski definition) is 1. The zero-order chi connectivity index (χ0) is 21.0. The standard InChI is InChI=1S/C22H25IN6O2/c23-15-13-25-22(26-14-15)27-16-3-5-17(6-4-16)31-21-18-2-1-7-24-19(18)12-20(28-21)29-8-10-30-11-9-29/h1-2,7,12-14,16-17H,3-6,8-11H2,(H,25,26,27). The average molecular weight is 532 g/mol. The second-order valence-electron chi connectivity index (χ2n) is 7.92. The van der Waals surface area contributed by atoms with E-state index in [-0.39, 0.29) is 6.10 Å². The van der Waals surface area contributed by atoms with E-state index in [1.54, 1.807) is 0 Å². The molecule has 31 heavy (non-hydrogen) atoms. The quantitative estimate of drug-likeness (QED) is 0.499. The fraction of sp³-hybridized carbons (Fsp3) is 0.455. The molecule has 1 saturated carbocycles. The molecule has 0 amide bonds. The first-order valence-corrected chi connectivity index (χ1v) is 11.8. The van der Waals surface area contributed by atoms with Crippen LogP contribution in [0.2, 0.25) is 0 Å². The summed E-state index contributed by atoms with van der Waals surface area (Å²) in [6.45, 7) is 3.11. The number of fused-ring (bicyclic) bond motifs is 1. The first kappa shape index (κ1) is 20.6. The molecule has 1 N–H and O–H groups in total. The SMILES string of the molecule is Ic1cnc(NC2CCC(Oc3nc(N4CCOCC4)cc4ncccc34)CC2)nc1. The van der Waals surface area contributed by atoms with Crippen molar-refractivity contribution in [2.24, 2.45) is 0 Å². The highest BCUT2D eigenvalue weighted by Crippen LogP contribution is 2.31. The summed E-state index contributed by atoms with van der Waals surface area (Å²) in [6, 6.07) is 6.39. The molecule has 0 unspecified atom stereocenters. The number of anilines is 2. The summed E-state index contributed by atoms with van der Waals surface area (Å²) >= 11 is 2.21. The molecule has 2 fully saturated rings. The zero-order valence-corrected chi connectivity index (χ0v) is 19.4. The lowest BCUT2D eigenvalue weighted by Gasteiger charge is -2.31. The number of ether oxygens (including phenoxy) is 2. The van der Waals surface area contributed by atoms with Crippen LogP contribution in [0.1, 0.15) is 25.7 Å². The fourth-order valence-electron chi connectivity index (χ4n) is 4.13. The van der Waals surface area contributed by atoms with Gasteiger partial charge in [-0.05, 0) is 60.4 Å². The van der Waals surface area contributed by atoms with Gasteiger partial charge in [-0.15, -0.1) is 0 Å². The molecule has 4 heterocycles. The van der Waals surface area contributed by atoms with Gasteiger partial charge in [-0.2, -0.15) is 4.98 Å². The summed E-state index contributed by atoms with van der Waals surface area (Å²) in [5.74, 6) is 2.29. The van der Waals surface area contributed by atoms with Crippen molar-refractivity contribution in [1.82, 2.24) is 19.9 Å². The third kappa shape index (κ3) is 4.98. The molecule has 0 radical (unpaired) electrons. The van der Waals surface area contributed by atoms with E-state index in [2.05, 4.69) is 53.8 Å². The second-order valence-corrected chi connectivity index (χ2v) is 9.16. The van der Waals surface area contributed by atoms with E-state index in [4.69, 9.17) is 14.5 Å². The molecule has 3 aromatic heterocycles. The maximum atomic E-state index is 6.45. The van der Waals surface area contributed by atoms with Gasteiger partial charge in [0.25, 0.3) is 0 Å². The Morgan fingerprint density at radius 2 is 1.84 bits per heavy atom. The summed E-state index contributed by atoms with van der Waals surface area (Å²) in [5.41, 5.74) is 0.917. The van der Waals surface area contributed by atoms with Crippen molar-refractivity contribution in [3.05, 3.63) is 40.4 Å². The Morgan fingerprint density at radius 1 is 1.06 bits per heavy atom. The Bertz CT molecular complexity index is 1020. The number of pyridine rings is 2. The number of nitrogens with zero attached hydrogens (tertiary/aromatic N) is 5. The van der Waals surface area contributed by atoms with Gasteiger partial charge in [0.05, 0.1) is 24.1 Å². The minimum atomic E-state index is 0.145. The minimum absolute atomic E-state index is 0.145. The van der Waals surface area contributed by atoms with Crippen LogP contribution in [0.25, 0.3) is 10.9 Å². The molecule has 1 aliphatic heterocycles. The first-order valence-electron chi connectivity index (χ1n) is 10.7. The van der Waals surface area contributed by atoms with Crippen LogP contribution >= 0.6 is 22.6 Å². The zero-order valence-electron chi connectivity index (χ0n) is 17.2. The maximum absolute atomic E-state index is 6.45. The molecule has 162 valence electrons. The van der Waals surface area contributed by atoms with Crippen molar-refractivity contribution in [3.63, 3.8) is 0 Å². The minimum Gasteiger partial charge on any atom is -0.474 e. The summed E-state index contributed by atoms with van der Waals surface area (Å²) < 4.78 is 13.0. The van der Waals surface area contributed by atoms with E-state index in [0.29, 0.717) is 17.9 Å². The van der Waals surface area contributed by atoms with Crippen LogP contribution in [-0.2, 0) is 4.74 Å². The normalized spacial score (nSPS) is 21.8. The van der Waals surface area contributed by atoms with Crippen LogP contribution in [-0.4, -0.2) is 58.4 Å². The predicted molar refractivity (Wildman–Crippen MR) is 128 cm³/mol. The number of hydrogen-bond acceptors (Lipinski definition) is 8. The molecule has 5 rings (SSSR count). The average Bonchev–Trinajstić information content (AvgIpc) is 2.82. The van der Waals surface area contributed by atoms with Gasteiger partial charge in [0, 0.05) is 47.4 Å². The van der Waals surface area contributed by atoms with Crippen LogP contribution < -0.4 is 15.0 Å². The van der Waals surface area contributed by atoms with Crippen LogP contribution in [0.15, 0.2) is 36.8 Å². The monoisotopic (exact) mass is 532 g/mol. The van der Waals surface area contributed by atoms with E-state index >= 15 is 0 Å². The molecular formula is C22H25IN6O2. The van der Waals surface area contributed by atoms with Crippen molar-refractivity contribution in [3.8, 4) is 5.88 Å². The van der Waals surface area contributed by atoms with Crippen LogP contribution in [0.3, 0.4) is 0 Å². The molecule has 3 aromatic rings. The molecule has 8 nitrogen and oxygen atoms in total. The summed E-state index contributed by atoms with van der Waals surface area (Å²) in [6.07, 6.45) is 9.58. The predicted octanol–water partition coefficient (Wildman–Crippen LogP) is 3.66. The highest BCUT2D eigenvalue weighted by atomic mass is 127. The van der Waals surface area contributed by atoms with E-state index in [1.807, 2.05) is 30.7 Å². The van der Waals surface area contributed by atoms with Crippen molar-refractivity contribution in [1.29, 1.82) is 0 Å². The molecule has 0 aromatic carbocycles. The lowest BCUT2D eigenvalue weighted by atomic mass is 9.93. The van der Waals surface area contributed by atoms with Gasteiger partial charge in [-0.3, -0.25) is 4.98 Å². The molecule has 0 spiro atoms. The lowest BCUT2D eigenvalue weighted by Crippen LogP contribution is -2.37. The molecule has 0 bridgehead atoms. The topological polar surface area (TPSA) is 85.3 Å². The van der Waals surface area contributed by atoms with E-state index in [0.717, 1.165) is 72.3 Å². The molecule has 1 aliphatic carbocycles.